The molecule has 0 unspecified atom stereocenters. The van der Waals surface area contributed by atoms with Gasteiger partial charge in [-0.2, -0.15) is 4.72 Å². The summed E-state index contributed by atoms with van der Waals surface area (Å²) in [4.78, 5) is 22.0. The number of carboxylic acids is 2. The summed E-state index contributed by atoms with van der Waals surface area (Å²) in [7, 11) is -4.23. The maximum atomic E-state index is 12.4. The van der Waals surface area contributed by atoms with E-state index in [4.69, 9.17) is 28.3 Å². The number of hydrogen-bond acceptors (Lipinski definition) is 4. The van der Waals surface area contributed by atoms with Crippen LogP contribution in [0, 0.1) is 0 Å². The van der Waals surface area contributed by atoms with Crippen molar-refractivity contribution in [3.05, 3.63) is 63.6 Å². The van der Waals surface area contributed by atoms with Gasteiger partial charge < -0.3 is 10.2 Å². The molecule has 2 aromatic rings. The first-order valence-corrected chi connectivity index (χ1v) is 9.36. The van der Waals surface area contributed by atoms with Gasteiger partial charge in [0.15, 0.2) is 0 Å². The Kier molecular flexibility index (Phi) is 6.25. The minimum Gasteiger partial charge on any atom is -0.480 e. The normalized spacial score (nSPS) is 12.5. The van der Waals surface area contributed by atoms with Crippen molar-refractivity contribution in [1.29, 1.82) is 0 Å². The van der Waals surface area contributed by atoms with Gasteiger partial charge >= 0.3 is 11.9 Å². The molecule has 0 aromatic heterocycles. The van der Waals surface area contributed by atoms with Gasteiger partial charge in [0.2, 0.25) is 10.0 Å². The number of aromatic carboxylic acids is 1. The fourth-order valence-corrected chi connectivity index (χ4v) is 3.79. The zero-order valence-electron chi connectivity index (χ0n) is 13.0. The highest BCUT2D eigenvalue weighted by molar-refractivity contribution is 7.89. The average molecular weight is 418 g/mol. The highest BCUT2D eigenvalue weighted by Gasteiger charge is 2.26. The monoisotopic (exact) mass is 417 g/mol. The molecule has 0 amide bonds. The molecule has 1 atom stereocenters. The summed E-state index contributed by atoms with van der Waals surface area (Å²) in [5.41, 5.74) is 0.310. The van der Waals surface area contributed by atoms with Crippen LogP contribution in [0.4, 0.5) is 0 Å². The number of rotatable bonds is 7. The zero-order valence-corrected chi connectivity index (χ0v) is 15.3. The Balaban J connectivity index is 2.26. The summed E-state index contributed by atoms with van der Waals surface area (Å²) >= 11 is 11.5. The fourth-order valence-electron chi connectivity index (χ4n) is 2.13. The molecule has 0 aliphatic carbocycles. The number of carbonyl (C=O) groups is 2. The molecule has 0 saturated heterocycles. The molecule has 10 heteroatoms. The van der Waals surface area contributed by atoms with Crippen molar-refractivity contribution in [3.8, 4) is 0 Å². The lowest BCUT2D eigenvalue weighted by atomic mass is 10.1. The minimum absolute atomic E-state index is 0.104. The van der Waals surface area contributed by atoms with Crippen molar-refractivity contribution in [2.75, 3.05) is 0 Å². The van der Waals surface area contributed by atoms with Crippen molar-refractivity contribution in [3.63, 3.8) is 0 Å². The summed E-state index contributed by atoms with van der Waals surface area (Å²) in [5.74, 6) is -2.67. The van der Waals surface area contributed by atoms with Crippen molar-refractivity contribution in [2.24, 2.45) is 0 Å². The van der Waals surface area contributed by atoms with Gasteiger partial charge in [-0.05, 0) is 42.3 Å². The molecule has 2 aromatic carbocycles. The smallest absolute Gasteiger partial charge is 0.337 e. The number of benzene rings is 2. The van der Waals surface area contributed by atoms with Crippen LogP contribution in [0.25, 0.3) is 0 Å². The standard InChI is InChI=1S/C16H13Cl2NO6S/c17-10-3-1-9(2-4-10)7-14(16(22)23)19-26(24,25)11-5-6-12(15(20)21)13(18)8-11/h1-6,8,14,19H,7H2,(H,20,21)(H,22,23)/t14-/m0/s1. The number of halogens is 2. The van der Waals surface area contributed by atoms with Gasteiger partial charge in [-0.3, -0.25) is 4.79 Å². The third-order valence-corrected chi connectivity index (χ3v) is 5.46. The van der Waals surface area contributed by atoms with Crippen LogP contribution in [0.5, 0.6) is 0 Å². The van der Waals surface area contributed by atoms with Crippen molar-refractivity contribution < 1.29 is 28.2 Å². The van der Waals surface area contributed by atoms with Crippen molar-refractivity contribution >= 4 is 45.2 Å². The van der Waals surface area contributed by atoms with Gasteiger partial charge in [-0.1, -0.05) is 35.3 Å². The fraction of sp³-hybridized carbons (Fsp3) is 0.125. The van der Waals surface area contributed by atoms with E-state index >= 15 is 0 Å². The Hall–Kier alpha value is -2.13. The number of carboxylic acid groups (broad SMARTS) is 2. The van der Waals surface area contributed by atoms with E-state index in [1.807, 2.05) is 0 Å². The third-order valence-electron chi connectivity index (χ3n) is 3.43. The molecule has 138 valence electrons. The lowest BCUT2D eigenvalue weighted by Gasteiger charge is -2.15. The molecular formula is C16H13Cl2NO6S. The number of aliphatic carboxylic acids is 1. The second kappa shape index (κ2) is 8.05. The Bertz CT molecular complexity index is 944. The van der Waals surface area contributed by atoms with Crippen LogP contribution in [0.3, 0.4) is 0 Å². The van der Waals surface area contributed by atoms with Crippen molar-refractivity contribution in [1.82, 2.24) is 4.72 Å². The van der Waals surface area contributed by atoms with E-state index in [0.29, 0.717) is 10.6 Å². The molecule has 0 spiro atoms. The molecule has 0 fully saturated rings. The zero-order chi connectivity index (χ0) is 19.5. The van der Waals surface area contributed by atoms with E-state index in [0.717, 1.165) is 18.2 Å². The van der Waals surface area contributed by atoms with Crippen molar-refractivity contribution in [2.45, 2.75) is 17.4 Å². The second-order valence-electron chi connectivity index (χ2n) is 5.29. The average Bonchev–Trinajstić information content (AvgIpc) is 2.55. The van der Waals surface area contributed by atoms with Crippen LogP contribution in [-0.4, -0.2) is 36.6 Å². The second-order valence-corrected chi connectivity index (χ2v) is 7.85. The SMILES string of the molecule is O=C(O)c1ccc(S(=O)(=O)N[C@@H](Cc2ccc(Cl)cc2)C(=O)O)cc1Cl. The quantitative estimate of drug-likeness (QED) is 0.636. The number of hydrogen-bond donors (Lipinski definition) is 3. The molecule has 0 bridgehead atoms. The van der Waals surface area contributed by atoms with Gasteiger partial charge in [0.1, 0.15) is 6.04 Å². The summed E-state index contributed by atoms with van der Waals surface area (Å²) in [6, 6.07) is 7.90. The lowest BCUT2D eigenvalue weighted by molar-refractivity contribution is -0.138. The first-order chi connectivity index (χ1) is 12.1. The molecule has 0 radical (unpaired) electrons. The first kappa shape index (κ1) is 20.2. The molecule has 3 N–H and O–H groups in total. The lowest BCUT2D eigenvalue weighted by Crippen LogP contribution is -2.42. The van der Waals surface area contributed by atoms with Crippen LogP contribution in [-0.2, 0) is 21.2 Å². The highest BCUT2D eigenvalue weighted by atomic mass is 35.5. The molecule has 2 rings (SSSR count). The van der Waals surface area contributed by atoms with E-state index in [1.165, 1.54) is 0 Å². The van der Waals surface area contributed by atoms with Crippen LogP contribution in [0.15, 0.2) is 47.4 Å². The Labute approximate surface area is 159 Å². The summed E-state index contributed by atoms with van der Waals surface area (Å²) in [6.07, 6.45) is -0.104. The molecule has 7 nitrogen and oxygen atoms in total. The molecule has 0 aliphatic rings. The van der Waals surface area contributed by atoms with Gasteiger partial charge in [0.05, 0.1) is 15.5 Å². The van der Waals surface area contributed by atoms with E-state index in [-0.39, 0.29) is 21.9 Å². The molecule has 26 heavy (non-hydrogen) atoms. The van der Waals surface area contributed by atoms with Crippen LogP contribution in [0.1, 0.15) is 15.9 Å². The molecule has 0 heterocycles. The highest BCUT2D eigenvalue weighted by Crippen LogP contribution is 2.21. The van der Waals surface area contributed by atoms with Crippen LogP contribution >= 0.6 is 23.2 Å². The number of sulfonamides is 1. The van der Waals surface area contributed by atoms with Gasteiger partial charge in [0, 0.05) is 5.02 Å². The van der Waals surface area contributed by atoms with E-state index in [1.54, 1.807) is 24.3 Å². The number of nitrogens with one attached hydrogen (secondary N) is 1. The summed E-state index contributed by atoms with van der Waals surface area (Å²) in [6.45, 7) is 0. The molecule has 0 saturated carbocycles. The van der Waals surface area contributed by atoms with Crippen LogP contribution < -0.4 is 4.72 Å². The molecule has 0 aliphatic heterocycles. The Morgan fingerprint density at radius 1 is 1.04 bits per heavy atom. The van der Waals surface area contributed by atoms with Gasteiger partial charge in [-0.25, -0.2) is 13.2 Å². The maximum absolute atomic E-state index is 12.4. The van der Waals surface area contributed by atoms with Gasteiger partial charge in [-0.15, -0.1) is 0 Å². The molecular weight excluding hydrogens is 405 g/mol. The van der Waals surface area contributed by atoms with E-state index < -0.39 is 28.0 Å². The topological polar surface area (TPSA) is 121 Å². The van der Waals surface area contributed by atoms with E-state index in [2.05, 4.69) is 4.72 Å². The first-order valence-electron chi connectivity index (χ1n) is 7.12. The van der Waals surface area contributed by atoms with Gasteiger partial charge in [0.25, 0.3) is 0 Å². The Morgan fingerprint density at radius 3 is 2.15 bits per heavy atom. The van der Waals surface area contributed by atoms with Crippen LogP contribution in [0.2, 0.25) is 10.0 Å². The largest absolute Gasteiger partial charge is 0.480 e. The third kappa shape index (κ3) is 4.95. The summed E-state index contributed by atoms with van der Waals surface area (Å²) in [5, 5.41) is 18.4. The summed E-state index contributed by atoms with van der Waals surface area (Å²) < 4.78 is 26.9. The minimum atomic E-state index is -4.23. The predicted molar refractivity (Wildman–Crippen MR) is 95.3 cm³/mol. The van der Waals surface area contributed by atoms with E-state index in [9.17, 15) is 23.1 Å². The maximum Gasteiger partial charge on any atom is 0.337 e. The Morgan fingerprint density at radius 2 is 1.65 bits per heavy atom. The predicted octanol–water partition coefficient (Wildman–Crippen LogP) is 2.67.